The van der Waals surface area contributed by atoms with Gasteiger partial charge < -0.3 is 10.2 Å². The number of allylic oxidation sites excluding steroid dienone is 1. The normalized spacial score (nSPS) is 64.0. The Morgan fingerprint density at radius 2 is 2.09 bits per heavy atom. The van der Waals surface area contributed by atoms with Crippen LogP contribution in [0.15, 0.2) is 16.6 Å². The van der Waals surface area contributed by atoms with E-state index in [1.807, 2.05) is 0 Å². The van der Waals surface area contributed by atoms with Crippen molar-refractivity contribution in [3.63, 3.8) is 0 Å². The lowest BCUT2D eigenvalue weighted by Crippen LogP contribution is -2.70. The molecule has 3 heteroatoms. The van der Waals surface area contributed by atoms with Gasteiger partial charge in [0.1, 0.15) is 0 Å². The molecule has 8 atom stereocenters. The van der Waals surface area contributed by atoms with Crippen LogP contribution in [-0.2, 0) is 0 Å². The van der Waals surface area contributed by atoms with Gasteiger partial charge in [0.2, 0.25) is 0 Å². The molecule has 0 aromatic rings. The predicted molar refractivity (Wildman–Crippen MR) is 88.2 cm³/mol. The van der Waals surface area contributed by atoms with Crippen LogP contribution in [0, 0.1) is 34.0 Å². The molecule has 2 N–H and O–H groups in total. The van der Waals surface area contributed by atoms with Crippen molar-refractivity contribution in [2.45, 2.75) is 63.5 Å². The molecule has 23 heavy (non-hydrogen) atoms. The molecule has 0 amide bonds. The maximum Gasteiger partial charge on any atom is 0.0829 e. The van der Waals surface area contributed by atoms with Gasteiger partial charge in [0.15, 0.2) is 0 Å². The Labute approximate surface area is 137 Å². The summed E-state index contributed by atoms with van der Waals surface area (Å²) in [5.41, 5.74) is 0.866. The first-order chi connectivity index (χ1) is 11.0. The molecule has 0 aromatic heterocycles. The Bertz CT molecular complexity index is 671. The zero-order valence-corrected chi connectivity index (χ0v) is 14.0. The highest BCUT2D eigenvalue weighted by Crippen LogP contribution is 2.81. The van der Waals surface area contributed by atoms with Crippen molar-refractivity contribution in [2.75, 3.05) is 6.61 Å². The van der Waals surface area contributed by atoms with E-state index < -0.39 is 5.60 Å². The van der Waals surface area contributed by atoms with Crippen LogP contribution < -0.4 is 0 Å². The van der Waals surface area contributed by atoms with Gasteiger partial charge >= 0.3 is 0 Å². The topological polar surface area (TPSA) is 52.8 Å². The molecule has 1 heterocycles. The largest absolute Gasteiger partial charge is 0.392 e. The molecule has 1 aliphatic heterocycles. The summed E-state index contributed by atoms with van der Waals surface area (Å²) in [6.07, 6.45) is 12.6. The van der Waals surface area contributed by atoms with E-state index >= 15 is 0 Å². The van der Waals surface area contributed by atoms with Crippen LogP contribution in [0.2, 0.25) is 0 Å². The monoisotopic (exact) mass is 313 g/mol. The Morgan fingerprint density at radius 1 is 1.22 bits per heavy atom. The van der Waals surface area contributed by atoms with Crippen molar-refractivity contribution < 1.29 is 10.2 Å². The van der Waals surface area contributed by atoms with Crippen LogP contribution in [0.4, 0.5) is 0 Å². The number of nitrogens with zero attached hydrogens (tertiary/aromatic N) is 1. The first kappa shape index (κ1) is 13.6. The van der Waals surface area contributed by atoms with E-state index in [1.54, 1.807) is 0 Å². The molecule has 4 fully saturated rings. The van der Waals surface area contributed by atoms with Crippen LogP contribution in [0.5, 0.6) is 0 Å². The summed E-state index contributed by atoms with van der Waals surface area (Å²) in [5, 5.41) is 21.9. The van der Waals surface area contributed by atoms with Gasteiger partial charge in [0, 0.05) is 17.0 Å². The van der Waals surface area contributed by atoms with Crippen molar-refractivity contribution in [2.24, 2.45) is 39.0 Å². The van der Waals surface area contributed by atoms with Gasteiger partial charge in [-0.05, 0) is 67.3 Å². The van der Waals surface area contributed by atoms with Crippen LogP contribution in [0.25, 0.3) is 0 Å². The second kappa shape index (κ2) is 3.62. The Hall–Kier alpha value is -0.670. The van der Waals surface area contributed by atoms with Gasteiger partial charge in [0.25, 0.3) is 0 Å². The molecule has 7 rings (SSSR count). The van der Waals surface area contributed by atoms with Crippen molar-refractivity contribution in [3.05, 3.63) is 11.6 Å². The lowest BCUT2D eigenvalue weighted by Gasteiger charge is -2.67. The highest BCUT2D eigenvalue weighted by molar-refractivity contribution is 5.71. The number of aliphatic imine (C=N–C) groups is 1. The molecule has 2 spiro atoms. The number of aliphatic hydroxyl groups is 2. The molecule has 0 aromatic carbocycles. The molecule has 6 bridgehead atoms. The van der Waals surface area contributed by atoms with Gasteiger partial charge in [-0.3, -0.25) is 4.99 Å². The summed E-state index contributed by atoms with van der Waals surface area (Å²) in [6, 6.07) is 0.329. The fraction of sp³-hybridized carbons (Fsp3) is 0.850. The van der Waals surface area contributed by atoms with Gasteiger partial charge in [0.05, 0.1) is 18.2 Å². The maximum absolute atomic E-state index is 12.1. The molecule has 7 aliphatic rings. The summed E-state index contributed by atoms with van der Waals surface area (Å²) in [6.45, 7) is 2.50. The molecular formula is C20H27NO2. The maximum atomic E-state index is 12.1. The lowest BCUT2D eigenvalue weighted by molar-refractivity contribution is -0.229. The zero-order chi connectivity index (χ0) is 15.7. The first-order valence-corrected chi connectivity index (χ1v) is 9.60. The molecule has 124 valence electrons. The smallest absolute Gasteiger partial charge is 0.0829 e. The number of aliphatic hydroxyl groups excluding tert-OH is 1. The summed E-state index contributed by atoms with van der Waals surface area (Å²) in [5.74, 6) is 1.74. The summed E-state index contributed by atoms with van der Waals surface area (Å²) in [4.78, 5) is 5.15. The summed E-state index contributed by atoms with van der Waals surface area (Å²) < 4.78 is 0. The second-order valence-electron chi connectivity index (χ2n) is 9.71. The minimum Gasteiger partial charge on any atom is -0.392 e. The molecule has 0 unspecified atom stereocenters. The fourth-order valence-electron chi connectivity index (χ4n) is 8.76. The van der Waals surface area contributed by atoms with Crippen molar-refractivity contribution in [3.8, 4) is 0 Å². The minimum atomic E-state index is -0.549. The third-order valence-corrected chi connectivity index (χ3v) is 9.53. The third kappa shape index (κ3) is 1.09. The standard InChI is InChI=1S/C20H27NO2/c1-17-3-2-4-19-15-8-12-7-14(16(19)21-11-17)18(15,9-13(12)10-22)5-6-20(17,19)23/h9,11-12,14-16,22-23H,2-8,10H2,1H3/t12-,14-,15+,16+,17-,18+,19-,20-/m0/s1. The molecule has 6 aliphatic carbocycles. The highest BCUT2D eigenvalue weighted by atomic mass is 16.3. The van der Waals surface area contributed by atoms with E-state index in [0.717, 1.165) is 19.3 Å². The molecule has 4 saturated carbocycles. The Balaban J connectivity index is 1.65. The summed E-state index contributed by atoms with van der Waals surface area (Å²) in [7, 11) is 0. The second-order valence-corrected chi connectivity index (χ2v) is 9.71. The average molecular weight is 313 g/mol. The van der Waals surface area contributed by atoms with Crippen molar-refractivity contribution >= 4 is 6.21 Å². The minimum absolute atomic E-state index is 0.0178. The van der Waals surface area contributed by atoms with Gasteiger partial charge in [-0.1, -0.05) is 19.4 Å². The fourth-order valence-corrected chi connectivity index (χ4v) is 8.76. The van der Waals surface area contributed by atoms with Crippen molar-refractivity contribution in [1.29, 1.82) is 0 Å². The number of hydrogen-bond acceptors (Lipinski definition) is 3. The van der Waals surface area contributed by atoms with Crippen molar-refractivity contribution in [1.82, 2.24) is 0 Å². The average Bonchev–Trinajstić information content (AvgIpc) is 2.63. The quantitative estimate of drug-likeness (QED) is 0.731. The first-order valence-electron chi connectivity index (χ1n) is 9.60. The van der Waals surface area contributed by atoms with E-state index in [0.29, 0.717) is 23.8 Å². The molecule has 0 radical (unpaired) electrons. The van der Waals surface area contributed by atoms with Crippen LogP contribution in [-0.4, -0.2) is 34.7 Å². The van der Waals surface area contributed by atoms with Crippen LogP contribution in [0.1, 0.15) is 51.9 Å². The third-order valence-electron chi connectivity index (χ3n) is 9.53. The Morgan fingerprint density at radius 3 is 2.91 bits per heavy atom. The van der Waals surface area contributed by atoms with E-state index in [2.05, 4.69) is 19.2 Å². The van der Waals surface area contributed by atoms with Crippen LogP contribution in [0.3, 0.4) is 0 Å². The number of hydrogen-bond donors (Lipinski definition) is 2. The van der Waals surface area contributed by atoms with E-state index in [1.165, 1.54) is 31.3 Å². The molecule has 0 saturated heterocycles. The lowest BCUT2D eigenvalue weighted by atomic mass is 9.39. The van der Waals surface area contributed by atoms with E-state index in [9.17, 15) is 10.2 Å². The predicted octanol–water partition coefficient (Wildman–Crippen LogP) is 2.72. The Kier molecular flexibility index (Phi) is 2.14. The summed E-state index contributed by atoms with van der Waals surface area (Å²) >= 11 is 0. The van der Waals surface area contributed by atoms with Crippen LogP contribution >= 0.6 is 0 Å². The molecular weight excluding hydrogens is 286 g/mol. The van der Waals surface area contributed by atoms with Gasteiger partial charge in [-0.15, -0.1) is 0 Å². The molecule has 3 nitrogen and oxygen atoms in total. The van der Waals surface area contributed by atoms with Gasteiger partial charge in [-0.2, -0.15) is 0 Å². The number of rotatable bonds is 1. The SMILES string of the molecule is C[C@]12C=N[C@@H]3[C@@H]4C[C@H]5C[C@@H]6[C@@]4(C=C5CO)CC[C@@]1(O)[C@]36CCC2. The van der Waals surface area contributed by atoms with E-state index in [4.69, 9.17) is 4.99 Å². The van der Waals surface area contributed by atoms with E-state index in [-0.39, 0.29) is 22.9 Å². The van der Waals surface area contributed by atoms with Gasteiger partial charge in [-0.25, -0.2) is 0 Å². The highest BCUT2D eigenvalue weighted by Gasteiger charge is 2.82. The zero-order valence-electron chi connectivity index (χ0n) is 14.0.